The van der Waals surface area contributed by atoms with Gasteiger partial charge in [-0.05, 0) is 58.7 Å². The van der Waals surface area contributed by atoms with E-state index in [9.17, 15) is 10.5 Å². The highest BCUT2D eigenvalue weighted by atomic mass is 35.5. The molecule has 3 aromatic carbocycles. The third-order valence-electron chi connectivity index (χ3n) is 4.26. The second-order valence-corrected chi connectivity index (χ2v) is 7.89. The summed E-state index contributed by atoms with van der Waals surface area (Å²) in [5.41, 5.74) is 3.90. The van der Waals surface area contributed by atoms with Crippen molar-refractivity contribution in [3.8, 4) is 12.1 Å². The number of nitriles is 2. The molecule has 0 unspecified atom stereocenters. The van der Waals surface area contributed by atoms with Gasteiger partial charge in [-0.1, -0.05) is 82.8 Å². The molecule has 0 N–H and O–H groups in total. The third-order valence-corrected chi connectivity index (χ3v) is 5.74. The molecule has 30 heavy (non-hydrogen) atoms. The van der Waals surface area contributed by atoms with Crippen LogP contribution < -0.4 is 0 Å². The first-order chi connectivity index (χ1) is 14.4. The van der Waals surface area contributed by atoms with E-state index in [1.54, 1.807) is 72.8 Å². The van der Waals surface area contributed by atoms with Gasteiger partial charge < -0.3 is 0 Å². The van der Waals surface area contributed by atoms with Crippen molar-refractivity contribution in [1.29, 1.82) is 10.5 Å². The van der Waals surface area contributed by atoms with Gasteiger partial charge in [0.2, 0.25) is 0 Å². The maximum Gasteiger partial charge on any atom is 0.0998 e. The molecule has 2 nitrogen and oxygen atoms in total. The molecule has 0 saturated carbocycles. The van der Waals surface area contributed by atoms with Crippen molar-refractivity contribution in [1.82, 2.24) is 0 Å². The van der Waals surface area contributed by atoms with Crippen LogP contribution in [0.4, 0.5) is 0 Å². The van der Waals surface area contributed by atoms with Gasteiger partial charge in [-0.25, -0.2) is 0 Å². The lowest BCUT2D eigenvalue weighted by atomic mass is 9.99. The Hall–Kier alpha value is -2.72. The van der Waals surface area contributed by atoms with E-state index in [0.717, 1.165) is 22.3 Å². The fraction of sp³-hybridized carbons (Fsp3) is 0. The van der Waals surface area contributed by atoms with Crippen LogP contribution in [0.15, 0.2) is 60.7 Å². The van der Waals surface area contributed by atoms with Crippen LogP contribution in [0.5, 0.6) is 0 Å². The average molecular weight is 470 g/mol. The average Bonchev–Trinajstić information content (AvgIpc) is 2.75. The topological polar surface area (TPSA) is 47.6 Å². The minimum Gasteiger partial charge on any atom is -0.192 e. The largest absolute Gasteiger partial charge is 0.192 e. The summed E-state index contributed by atoms with van der Waals surface area (Å²) in [5.74, 6) is 0. The summed E-state index contributed by atoms with van der Waals surface area (Å²) in [7, 11) is 0. The Labute approximate surface area is 194 Å². The molecule has 0 atom stereocenters. The zero-order valence-corrected chi connectivity index (χ0v) is 18.4. The zero-order valence-electron chi connectivity index (χ0n) is 15.3. The van der Waals surface area contributed by atoms with Crippen LogP contribution >= 0.6 is 46.4 Å². The molecule has 3 aromatic rings. The highest BCUT2D eigenvalue weighted by Gasteiger charge is 2.07. The Kier molecular flexibility index (Phi) is 7.22. The molecule has 0 bridgehead atoms. The highest BCUT2D eigenvalue weighted by molar-refractivity contribution is 6.42. The van der Waals surface area contributed by atoms with Gasteiger partial charge in [0.25, 0.3) is 0 Å². The summed E-state index contributed by atoms with van der Waals surface area (Å²) in [5, 5.41) is 20.9. The molecule has 3 rings (SSSR count). The highest BCUT2D eigenvalue weighted by Crippen LogP contribution is 2.28. The molecule has 0 radical (unpaired) electrons. The van der Waals surface area contributed by atoms with Crippen molar-refractivity contribution in [2.75, 3.05) is 0 Å². The van der Waals surface area contributed by atoms with Gasteiger partial charge in [0, 0.05) is 0 Å². The summed E-state index contributed by atoms with van der Waals surface area (Å²) in [6.07, 6.45) is 3.46. The van der Waals surface area contributed by atoms with Gasteiger partial charge in [-0.3, -0.25) is 0 Å². The number of benzene rings is 3. The van der Waals surface area contributed by atoms with Gasteiger partial charge >= 0.3 is 0 Å². The van der Waals surface area contributed by atoms with Crippen LogP contribution in [0.2, 0.25) is 20.1 Å². The molecule has 0 fully saturated rings. The lowest BCUT2D eigenvalue weighted by Gasteiger charge is -2.05. The quantitative estimate of drug-likeness (QED) is 0.284. The number of hydrogen-bond acceptors (Lipinski definition) is 2. The Morgan fingerprint density at radius 1 is 0.567 bits per heavy atom. The standard InChI is InChI=1S/C24H12Cl4N2/c25-21-7-1-15(11-23(21)27)9-19(13-29)17-3-5-18(6-4-17)20(14-30)10-16-2-8-22(26)24(28)12-16/h1-12H. The molecular formula is C24H12Cl4N2. The van der Waals surface area contributed by atoms with E-state index in [1.807, 2.05) is 0 Å². The van der Waals surface area contributed by atoms with E-state index in [1.165, 1.54) is 0 Å². The first-order valence-corrected chi connectivity index (χ1v) is 10.2. The molecule has 6 heteroatoms. The first-order valence-electron chi connectivity index (χ1n) is 8.66. The van der Waals surface area contributed by atoms with E-state index in [2.05, 4.69) is 12.1 Å². The molecule has 0 aliphatic rings. The number of nitrogens with zero attached hydrogens (tertiary/aromatic N) is 2. The molecule has 0 spiro atoms. The summed E-state index contributed by atoms with van der Waals surface area (Å²) in [4.78, 5) is 0. The maximum atomic E-state index is 9.57. The fourth-order valence-electron chi connectivity index (χ4n) is 2.73. The molecule has 0 heterocycles. The van der Waals surface area contributed by atoms with Crippen molar-refractivity contribution < 1.29 is 0 Å². The Bertz CT molecular complexity index is 1150. The van der Waals surface area contributed by atoms with E-state index in [4.69, 9.17) is 46.4 Å². The Morgan fingerprint density at radius 3 is 1.23 bits per heavy atom. The third kappa shape index (κ3) is 5.25. The second-order valence-electron chi connectivity index (χ2n) is 6.26. The van der Waals surface area contributed by atoms with Crippen molar-refractivity contribution in [3.05, 3.63) is 103 Å². The molecule has 146 valence electrons. The van der Waals surface area contributed by atoms with Crippen molar-refractivity contribution in [2.24, 2.45) is 0 Å². The molecule has 0 aliphatic heterocycles. The van der Waals surface area contributed by atoms with Crippen molar-refractivity contribution in [3.63, 3.8) is 0 Å². The van der Waals surface area contributed by atoms with Gasteiger partial charge in [0.05, 0.1) is 43.4 Å². The minimum atomic E-state index is 0.421. The monoisotopic (exact) mass is 468 g/mol. The Balaban J connectivity index is 1.91. The number of hydrogen-bond donors (Lipinski definition) is 0. The van der Waals surface area contributed by atoms with Gasteiger partial charge in [0.1, 0.15) is 0 Å². The van der Waals surface area contributed by atoms with Gasteiger partial charge in [-0.15, -0.1) is 0 Å². The van der Waals surface area contributed by atoms with Gasteiger partial charge in [-0.2, -0.15) is 10.5 Å². The summed E-state index contributed by atoms with van der Waals surface area (Å²) >= 11 is 24.0. The predicted octanol–water partition coefficient (Wildman–Crippen LogP) is 8.43. The maximum absolute atomic E-state index is 9.57. The first kappa shape index (κ1) is 22.0. The summed E-state index contributed by atoms with van der Waals surface area (Å²) in [6.45, 7) is 0. The normalized spacial score (nSPS) is 11.7. The van der Waals surface area contributed by atoms with Crippen LogP contribution in [-0.4, -0.2) is 0 Å². The SMILES string of the molecule is N#CC(=Cc1ccc(Cl)c(Cl)c1)c1ccc(C(C#N)=Cc2ccc(Cl)c(Cl)c2)cc1. The molecule has 0 aromatic heterocycles. The molecule has 0 saturated heterocycles. The van der Waals surface area contributed by atoms with E-state index in [0.29, 0.717) is 31.2 Å². The smallest absolute Gasteiger partial charge is 0.0998 e. The zero-order chi connectivity index (χ0) is 21.7. The number of halogens is 4. The minimum absolute atomic E-state index is 0.421. The van der Waals surface area contributed by atoms with Crippen LogP contribution in [0.25, 0.3) is 23.3 Å². The van der Waals surface area contributed by atoms with Crippen LogP contribution in [-0.2, 0) is 0 Å². The molecule has 0 amide bonds. The molecular weight excluding hydrogens is 458 g/mol. The van der Waals surface area contributed by atoms with Crippen LogP contribution in [0, 0.1) is 22.7 Å². The second kappa shape index (κ2) is 9.86. The number of allylic oxidation sites excluding steroid dienone is 2. The summed E-state index contributed by atoms with van der Waals surface area (Å²) in [6, 6.07) is 21.9. The predicted molar refractivity (Wildman–Crippen MR) is 126 cm³/mol. The van der Waals surface area contributed by atoms with E-state index >= 15 is 0 Å². The van der Waals surface area contributed by atoms with Crippen molar-refractivity contribution in [2.45, 2.75) is 0 Å². The van der Waals surface area contributed by atoms with Crippen LogP contribution in [0.3, 0.4) is 0 Å². The molecule has 0 aliphatic carbocycles. The van der Waals surface area contributed by atoms with E-state index in [-0.39, 0.29) is 0 Å². The van der Waals surface area contributed by atoms with Gasteiger partial charge in [0.15, 0.2) is 0 Å². The lowest BCUT2D eigenvalue weighted by molar-refractivity contribution is 1.50. The number of rotatable bonds is 4. The Morgan fingerprint density at radius 2 is 0.933 bits per heavy atom. The summed E-state index contributed by atoms with van der Waals surface area (Å²) < 4.78 is 0. The van der Waals surface area contributed by atoms with Crippen LogP contribution in [0.1, 0.15) is 22.3 Å². The lowest BCUT2D eigenvalue weighted by Crippen LogP contribution is -1.86. The fourth-order valence-corrected chi connectivity index (χ4v) is 3.34. The van der Waals surface area contributed by atoms with Crippen molar-refractivity contribution >= 4 is 69.7 Å². The van der Waals surface area contributed by atoms with E-state index < -0.39 is 0 Å².